The van der Waals surface area contributed by atoms with E-state index in [1.807, 2.05) is 11.4 Å². The third-order valence-electron chi connectivity index (χ3n) is 1.61. The van der Waals surface area contributed by atoms with Crippen molar-refractivity contribution >= 4 is 17.0 Å². The summed E-state index contributed by atoms with van der Waals surface area (Å²) in [5, 5.41) is 7.36. The minimum atomic E-state index is 0.727. The number of anilines is 1. The highest BCUT2D eigenvalue weighted by atomic mass is 32.1. The Morgan fingerprint density at radius 3 is 3.08 bits per heavy atom. The van der Waals surface area contributed by atoms with Gasteiger partial charge in [0.05, 0.1) is 18.4 Å². The van der Waals surface area contributed by atoms with Crippen LogP contribution in [0.25, 0.3) is 0 Å². The van der Waals surface area contributed by atoms with Gasteiger partial charge >= 0.3 is 0 Å². The Morgan fingerprint density at radius 2 is 2.38 bits per heavy atom. The predicted octanol–water partition coefficient (Wildman–Crippen LogP) is 2.15. The molecular formula is C9H9N3S. The first-order chi connectivity index (χ1) is 6.45. The second-order valence-electron chi connectivity index (χ2n) is 2.56. The molecule has 0 fully saturated rings. The summed E-state index contributed by atoms with van der Waals surface area (Å²) in [6.45, 7) is 0.727. The van der Waals surface area contributed by atoms with Gasteiger partial charge in [-0.2, -0.15) is 11.3 Å². The second-order valence-corrected chi connectivity index (χ2v) is 3.34. The van der Waals surface area contributed by atoms with E-state index < -0.39 is 0 Å². The van der Waals surface area contributed by atoms with Crippen LogP contribution >= 0.6 is 11.3 Å². The maximum absolute atomic E-state index is 4.16. The van der Waals surface area contributed by atoms with E-state index in [-0.39, 0.29) is 0 Å². The molecule has 0 spiro atoms. The lowest BCUT2D eigenvalue weighted by Gasteiger charge is -2.01. The van der Waals surface area contributed by atoms with Crippen molar-refractivity contribution in [2.75, 3.05) is 5.32 Å². The van der Waals surface area contributed by atoms with Crippen LogP contribution in [0.15, 0.2) is 35.4 Å². The fourth-order valence-corrected chi connectivity index (χ4v) is 1.59. The largest absolute Gasteiger partial charge is 0.379 e. The molecule has 0 aliphatic carbocycles. The standard InChI is InChI=1S/C9H9N3S/c1-4-13-7-8(1)12-6-9-5-10-2-3-11-9/h1-5,7,12H,6H2. The summed E-state index contributed by atoms with van der Waals surface area (Å²) in [5.74, 6) is 0. The normalized spacial score (nSPS) is 9.85. The zero-order valence-corrected chi connectivity index (χ0v) is 7.79. The molecule has 0 aliphatic rings. The number of hydrogen-bond acceptors (Lipinski definition) is 4. The summed E-state index contributed by atoms with van der Waals surface area (Å²) in [6.07, 6.45) is 5.14. The fraction of sp³-hybridized carbons (Fsp3) is 0.111. The third kappa shape index (κ3) is 2.26. The van der Waals surface area contributed by atoms with E-state index in [0.29, 0.717) is 0 Å². The van der Waals surface area contributed by atoms with Crippen LogP contribution in [0.4, 0.5) is 5.69 Å². The highest BCUT2D eigenvalue weighted by molar-refractivity contribution is 7.08. The summed E-state index contributed by atoms with van der Waals surface area (Å²) in [4.78, 5) is 8.14. The number of rotatable bonds is 3. The molecule has 0 bridgehead atoms. The lowest BCUT2D eigenvalue weighted by atomic mass is 10.4. The van der Waals surface area contributed by atoms with Crippen molar-refractivity contribution in [3.63, 3.8) is 0 Å². The number of hydrogen-bond donors (Lipinski definition) is 1. The van der Waals surface area contributed by atoms with E-state index in [4.69, 9.17) is 0 Å². The van der Waals surface area contributed by atoms with Crippen LogP contribution in [0.1, 0.15) is 5.69 Å². The van der Waals surface area contributed by atoms with Gasteiger partial charge in [0.2, 0.25) is 0 Å². The summed E-state index contributed by atoms with van der Waals surface area (Å²) < 4.78 is 0. The van der Waals surface area contributed by atoms with Crippen LogP contribution in [0.5, 0.6) is 0 Å². The second kappa shape index (κ2) is 4.00. The Morgan fingerprint density at radius 1 is 1.38 bits per heavy atom. The van der Waals surface area contributed by atoms with Crippen molar-refractivity contribution in [3.8, 4) is 0 Å². The van der Waals surface area contributed by atoms with Gasteiger partial charge in [0.15, 0.2) is 0 Å². The first-order valence-electron chi connectivity index (χ1n) is 3.96. The summed E-state index contributed by atoms with van der Waals surface area (Å²) in [6, 6.07) is 2.04. The van der Waals surface area contributed by atoms with Gasteiger partial charge in [0, 0.05) is 23.5 Å². The maximum atomic E-state index is 4.16. The van der Waals surface area contributed by atoms with Crippen LogP contribution in [-0.2, 0) is 6.54 Å². The molecule has 13 heavy (non-hydrogen) atoms. The van der Waals surface area contributed by atoms with Crippen LogP contribution < -0.4 is 5.32 Å². The number of thiophene rings is 1. The van der Waals surface area contributed by atoms with Gasteiger partial charge in [-0.15, -0.1) is 0 Å². The van der Waals surface area contributed by atoms with Gasteiger partial charge in [0.25, 0.3) is 0 Å². The molecule has 0 amide bonds. The van der Waals surface area contributed by atoms with Gasteiger partial charge in [-0.3, -0.25) is 9.97 Å². The lowest BCUT2D eigenvalue weighted by molar-refractivity contribution is 1.01. The summed E-state index contributed by atoms with van der Waals surface area (Å²) >= 11 is 1.68. The molecule has 2 aromatic rings. The summed E-state index contributed by atoms with van der Waals surface area (Å²) in [5.41, 5.74) is 2.09. The van der Waals surface area contributed by atoms with E-state index in [2.05, 4.69) is 20.7 Å². The molecule has 0 aromatic carbocycles. The monoisotopic (exact) mass is 191 g/mol. The Bertz CT molecular complexity index is 344. The van der Waals surface area contributed by atoms with Crippen molar-refractivity contribution in [2.24, 2.45) is 0 Å². The molecule has 0 aliphatic heterocycles. The molecule has 3 nitrogen and oxygen atoms in total. The van der Waals surface area contributed by atoms with Crippen LogP contribution in [-0.4, -0.2) is 9.97 Å². The van der Waals surface area contributed by atoms with Crippen LogP contribution in [0, 0.1) is 0 Å². The number of aromatic nitrogens is 2. The smallest absolute Gasteiger partial charge is 0.0777 e. The topological polar surface area (TPSA) is 37.8 Å². The molecule has 0 radical (unpaired) electrons. The van der Waals surface area contributed by atoms with Gasteiger partial charge < -0.3 is 5.32 Å². The molecule has 2 rings (SSSR count). The van der Waals surface area contributed by atoms with Crippen molar-refractivity contribution in [2.45, 2.75) is 6.54 Å². The Kier molecular flexibility index (Phi) is 2.52. The van der Waals surface area contributed by atoms with E-state index >= 15 is 0 Å². The zero-order valence-electron chi connectivity index (χ0n) is 6.97. The van der Waals surface area contributed by atoms with Gasteiger partial charge in [-0.25, -0.2) is 0 Å². The Balaban J connectivity index is 1.94. The maximum Gasteiger partial charge on any atom is 0.0777 e. The van der Waals surface area contributed by atoms with Gasteiger partial charge in [-0.05, 0) is 11.4 Å². The van der Waals surface area contributed by atoms with Crippen molar-refractivity contribution in [3.05, 3.63) is 41.1 Å². The highest BCUT2D eigenvalue weighted by Crippen LogP contribution is 2.12. The Hall–Kier alpha value is -1.42. The molecule has 1 N–H and O–H groups in total. The van der Waals surface area contributed by atoms with Gasteiger partial charge in [0.1, 0.15) is 0 Å². The average Bonchev–Trinajstić information content (AvgIpc) is 2.69. The number of nitrogens with one attached hydrogen (secondary N) is 1. The fourth-order valence-electron chi connectivity index (χ4n) is 0.979. The molecule has 2 aromatic heterocycles. The van der Waals surface area contributed by atoms with E-state index in [0.717, 1.165) is 17.9 Å². The molecular weight excluding hydrogens is 182 g/mol. The molecule has 2 heterocycles. The quantitative estimate of drug-likeness (QED) is 0.807. The molecule has 0 unspecified atom stereocenters. The van der Waals surface area contributed by atoms with E-state index in [1.54, 1.807) is 29.9 Å². The van der Waals surface area contributed by atoms with E-state index in [9.17, 15) is 0 Å². The summed E-state index contributed by atoms with van der Waals surface area (Å²) in [7, 11) is 0. The number of nitrogens with zero attached hydrogens (tertiary/aromatic N) is 2. The van der Waals surface area contributed by atoms with E-state index in [1.165, 1.54) is 0 Å². The molecule has 0 saturated carbocycles. The molecule has 66 valence electrons. The minimum absolute atomic E-state index is 0.727. The lowest BCUT2D eigenvalue weighted by Crippen LogP contribution is -2.00. The van der Waals surface area contributed by atoms with Crippen molar-refractivity contribution < 1.29 is 0 Å². The third-order valence-corrected chi connectivity index (χ3v) is 2.29. The first-order valence-corrected chi connectivity index (χ1v) is 4.90. The molecule has 0 saturated heterocycles. The zero-order chi connectivity index (χ0) is 8.93. The van der Waals surface area contributed by atoms with Crippen molar-refractivity contribution in [1.29, 1.82) is 0 Å². The molecule has 4 heteroatoms. The Labute approximate surface area is 80.5 Å². The SMILES string of the molecule is c1cnc(CNc2ccsc2)cn1. The average molecular weight is 191 g/mol. The van der Waals surface area contributed by atoms with Crippen LogP contribution in [0.3, 0.4) is 0 Å². The van der Waals surface area contributed by atoms with Crippen LogP contribution in [0.2, 0.25) is 0 Å². The highest BCUT2D eigenvalue weighted by Gasteiger charge is 1.93. The van der Waals surface area contributed by atoms with Crippen molar-refractivity contribution in [1.82, 2.24) is 9.97 Å². The predicted molar refractivity (Wildman–Crippen MR) is 53.7 cm³/mol. The minimum Gasteiger partial charge on any atom is -0.379 e. The molecule has 0 atom stereocenters. The van der Waals surface area contributed by atoms with Gasteiger partial charge in [-0.1, -0.05) is 0 Å². The first kappa shape index (κ1) is 8.19.